The van der Waals surface area contributed by atoms with Gasteiger partial charge in [0.1, 0.15) is 5.82 Å². The van der Waals surface area contributed by atoms with Crippen LogP contribution in [0.25, 0.3) is 0 Å². The lowest BCUT2D eigenvalue weighted by Crippen LogP contribution is -2.41. The van der Waals surface area contributed by atoms with Crippen molar-refractivity contribution in [2.24, 2.45) is 0 Å². The van der Waals surface area contributed by atoms with E-state index in [-0.39, 0.29) is 11.8 Å². The maximum Gasteiger partial charge on any atom is 0.232 e. The summed E-state index contributed by atoms with van der Waals surface area (Å²) in [6.07, 6.45) is 3.38. The zero-order valence-corrected chi connectivity index (χ0v) is 12.9. The smallest absolute Gasteiger partial charge is 0.232 e. The van der Waals surface area contributed by atoms with Crippen LogP contribution in [-0.4, -0.2) is 76.4 Å². The highest BCUT2D eigenvalue weighted by molar-refractivity contribution is 8.00. The molecule has 1 saturated heterocycles. The maximum atomic E-state index is 11.9. The average molecular weight is 312 g/mol. The maximum absolute atomic E-state index is 11.9. The number of nitrogens with one attached hydrogen (secondary N) is 1. The summed E-state index contributed by atoms with van der Waals surface area (Å²) in [6.45, 7) is 2.93. The first-order chi connectivity index (χ1) is 10.2. The zero-order chi connectivity index (χ0) is 15.1. The standard InChI is InChI=1S/C13H20N4O3S/c1-16(8-11-14-2-3-15-11)12(18)9-21-10-13(19)17-4-6-20-7-5-17/h2-3H,4-10H2,1H3,(H,14,15). The number of H-pyrrole nitrogens is 1. The molecule has 0 unspecified atom stereocenters. The van der Waals surface area contributed by atoms with E-state index in [1.54, 1.807) is 29.2 Å². The number of amides is 2. The van der Waals surface area contributed by atoms with Gasteiger partial charge in [0.05, 0.1) is 31.3 Å². The molecule has 0 atom stereocenters. The molecule has 1 fully saturated rings. The van der Waals surface area contributed by atoms with E-state index in [2.05, 4.69) is 9.97 Å². The van der Waals surface area contributed by atoms with Gasteiger partial charge >= 0.3 is 0 Å². The Bertz CT molecular complexity index is 460. The molecule has 0 spiro atoms. The first kappa shape index (κ1) is 15.8. The van der Waals surface area contributed by atoms with Gasteiger partial charge in [0.25, 0.3) is 0 Å². The summed E-state index contributed by atoms with van der Waals surface area (Å²) < 4.78 is 5.20. The van der Waals surface area contributed by atoms with Crippen LogP contribution < -0.4 is 0 Å². The Kier molecular flexibility index (Phi) is 6.06. The van der Waals surface area contributed by atoms with E-state index < -0.39 is 0 Å². The molecule has 7 nitrogen and oxygen atoms in total. The van der Waals surface area contributed by atoms with Gasteiger partial charge in [-0.05, 0) is 0 Å². The largest absolute Gasteiger partial charge is 0.378 e. The van der Waals surface area contributed by atoms with Crippen LogP contribution in [0.2, 0.25) is 0 Å². The van der Waals surface area contributed by atoms with Crippen LogP contribution in [0.3, 0.4) is 0 Å². The van der Waals surface area contributed by atoms with Gasteiger partial charge in [-0.25, -0.2) is 4.98 Å². The SMILES string of the molecule is CN(Cc1ncc[nH]1)C(=O)CSCC(=O)N1CCOCC1. The minimum Gasteiger partial charge on any atom is -0.378 e. The predicted octanol–water partition coefficient (Wildman–Crippen LogP) is -0.0399. The van der Waals surface area contributed by atoms with Crippen molar-refractivity contribution < 1.29 is 14.3 Å². The number of nitrogens with zero attached hydrogens (tertiary/aromatic N) is 3. The third kappa shape index (κ3) is 5.05. The van der Waals surface area contributed by atoms with E-state index >= 15 is 0 Å². The van der Waals surface area contributed by atoms with E-state index in [0.717, 1.165) is 5.82 Å². The van der Waals surface area contributed by atoms with Crippen LogP contribution in [0, 0.1) is 0 Å². The van der Waals surface area contributed by atoms with E-state index in [0.29, 0.717) is 44.4 Å². The summed E-state index contributed by atoms with van der Waals surface area (Å²) in [5.41, 5.74) is 0. The number of carbonyl (C=O) groups is 2. The molecule has 0 bridgehead atoms. The summed E-state index contributed by atoms with van der Waals surface area (Å²) in [4.78, 5) is 34.3. The lowest BCUT2D eigenvalue weighted by molar-refractivity contribution is -0.132. The highest BCUT2D eigenvalue weighted by Crippen LogP contribution is 2.07. The molecule has 0 radical (unpaired) electrons. The molecule has 1 aromatic heterocycles. The summed E-state index contributed by atoms with van der Waals surface area (Å²) in [5, 5.41) is 0. The van der Waals surface area contributed by atoms with E-state index in [1.165, 1.54) is 11.8 Å². The number of aromatic nitrogens is 2. The Morgan fingerprint density at radius 2 is 2.19 bits per heavy atom. The van der Waals surface area contributed by atoms with Gasteiger partial charge < -0.3 is 19.5 Å². The predicted molar refractivity (Wildman–Crippen MR) is 79.8 cm³/mol. The highest BCUT2D eigenvalue weighted by atomic mass is 32.2. The molecule has 0 aliphatic carbocycles. The quantitative estimate of drug-likeness (QED) is 0.797. The van der Waals surface area contributed by atoms with E-state index in [9.17, 15) is 9.59 Å². The van der Waals surface area contributed by atoms with Gasteiger partial charge in [-0.2, -0.15) is 0 Å². The summed E-state index contributed by atoms with van der Waals surface area (Å²) in [5.74, 6) is 1.45. The number of hydrogen-bond donors (Lipinski definition) is 1. The van der Waals surface area contributed by atoms with Crippen molar-refractivity contribution in [2.75, 3.05) is 44.9 Å². The summed E-state index contributed by atoms with van der Waals surface area (Å²) >= 11 is 1.35. The molecule has 0 aromatic carbocycles. The number of hydrogen-bond acceptors (Lipinski definition) is 5. The van der Waals surface area contributed by atoms with Gasteiger partial charge in [0.15, 0.2) is 0 Å². The van der Waals surface area contributed by atoms with Crippen LogP contribution in [0.5, 0.6) is 0 Å². The zero-order valence-electron chi connectivity index (χ0n) is 12.1. The fourth-order valence-electron chi connectivity index (χ4n) is 1.94. The first-order valence-electron chi connectivity index (χ1n) is 6.82. The van der Waals surface area contributed by atoms with Crippen LogP contribution >= 0.6 is 11.8 Å². The van der Waals surface area contributed by atoms with Gasteiger partial charge in [-0.3, -0.25) is 9.59 Å². The summed E-state index contributed by atoms with van der Waals surface area (Å²) in [7, 11) is 1.73. The molecule has 1 aromatic rings. The lowest BCUT2D eigenvalue weighted by atomic mass is 10.4. The molecule has 2 rings (SSSR count). The molecule has 1 N–H and O–H groups in total. The number of aromatic amines is 1. The van der Waals surface area contributed by atoms with E-state index in [1.807, 2.05) is 0 Å². The van der Waals surface area contributed by atoms with Crippen LogP contribution in [0.4, 0.5) is 0 Å². The monoisotopic (exact) mass is 312 g/mol. The molecule has 2 amide bonds. The Labute approximate surface area is 128 Å². The van der Waals surface area contributed by atoms with Crippen molar-refractivity contribution in [1.29, 1.82) is 0 Å². The molecule has 1 aliphatic rings. The highest BCUT2D eigenvalue weighted by Gasteiger charge is 2.17. The van der Waals surface area contributed by atoms with Crippen molar-refractivity contribution >= 4 is 23.6 Å². The van der Waals surface area contributed by atoms with Crippen molar-refractivity contribution in [3.8, 4) is 0 Å². The second-order valence-corrected chi connectivity index (χ2v) is 5.76. The minimum atomic E-state index is -0.00817. The number of morpholine rings is 1. The van der Waals surface area contributed by atoms with Crippen molar-refractivity contribution in [2.45, 2.75) is 6.54 Å². The summed E-state index contributed by atoms with van der Waals surface area (Å²) in [6, 6.07) is 0. The molecular weight excluding hydrogens is 292 g/mol. The third-order valence-electron chi connectivity index (χ3n) is 3.18. The van der Waals surface area contributed by atoms with Crippen LogP contribution in [0.1, 0.15) is 5.82 Å². The van der Waals surface area contributed by atoms with Crippen molar-refractivity contribution in [3.05, 3.63) is 18.2 Å². The second kappa shape index (κ2) is 8.04. The Morgan fingerprint density at radius 3 is 2.86 bits per heavy atom. The van der Waals surface area contributed by atoms with Gasteiger partial charge in [0, 0.05) is 32.5 Å². The van der Waals surface area contributed by atoms with Gasteiger partial charge in [-0.1, -0.05) is 0 Å². The topological polar surface area (TPSA) is 78.5 Å². The molecule has 1 aliphatic heterocycles. The number of carbonyl (C=O) groups excluding carboxylic acids is 2. The fraction of sp³-hybridized carbons (Fsp3) is 0.615. The van der Waals surface area contributed by atoms with Gasteiger partial charge in [-0.15, -0.1) is 11.8 Å². The van der Waals surface area contributed by atoms with Crippen LogP contribution in [0.15, 0.2) is 12.4 Å². The molecule has 0 saturated carbocycles. The number of ether oxygens (including phenoxy) is 1. The minimum absolute atomic E-state index is 0.00817. The Hall–Kier alpha value is -1.54. The van der Waals surface area contributed by atoms with Crippen molar-refractivity contribution in [1.82, 2.24) is 19.8 Å². The Balaban J connectivity index is 1.65. The molecule has 2 heterocycles. The van der Waals surface area contributed by atoms with Crippen LogP contribution in [-0.2, 0) is 20.9 Å². The number of thioether (sulfide) groups is 1. The normalized spacial score (nSPS) is 15.0. The second-order valence-electron chi connectivity index (χ2n) is 4.77. The first-order valence-corrected chi connectivity index (χ1v) is 7.98. The average Bonchev–Trinajstić information content (AvgIpc) is 3.00. The van der Waals surface area contributed by atoms with Gasteiger partial charge in [0.2, 0.25) is 11.8 Å². The third-order valence-corrected chi connectivity index (χ3v) is 4.08. The number of imidazole rings is 1. The number of rotatable bonds is 6. The molecule has 21 heavy (non-hydrogen) atoms. The van der Waals surface area contributed by atoms with E-state index in [4.69, 9.17) is 4.74 Å². The lowest BCUT2D eigenvalue weighted by Gasteiger charge is -2.26. The molecule has 8 heteroatoms. The Morgan fingerprint density at radius 1 is 1.43 bits per heavy atom. The fourth-order valence-corrected chi connectivity index (χ4v) is 2.79. The molecular formula is C13H20N4O3S. The van der Waals surface area contributed by atoms with Crippen molar-refractivity contribution in [3.63, 3.8) is 0 Å². The molecule has 116 valence electrons.